The first kappa shape index (κ1) is 20.5. The fraction of sp³-hybridized carbons (Fsp3) is 0.417. The first-order chi connectivity index (χ1) is 14.7. The minimum atomic E-state index is -0.539. The van der Waals surface area contributed by atoms with Crippen molar-refractivity contribution in [3.05, 3.63) is 71.8 Å². The molecule has 1 aliphatic carbocycles. The fourth-order valence-electron chi connectivity index (χ4n) is 4.56. The third-order valence-electron chi connectivity index (χ3n) is 6.16. The molecule has 5 atom stereocenters. The van der Waals surface area contributed by atoms with Gasteiger partial charge in [-0.3, -0.25) is 10.1 Å². The number of hydrogen-bond donors (Lipinski definition) is 2. The highest BCUT2D eigenvalue weighted by Gasteiger charge is 2.60. The fourth-order valence-corrected chi connectivity index (χ4v) is 4.56. The SMILES string of the molecule is N#C[C@H](N[C@H](CO)c1ccccc1)[C@@H]1[C@H](C(=O)N2CCOCC2)[C@H]1c1ccccc1. The molecule has 30 heavy (non-hydrogen) atoms. The summed E-state index contributed by atoms with van der Waals surface area (Å²) in [6, 6.07) is 21.0. The van der Waals surface area contributed by atoms with E-state index < -0.39 is 6.04 Å². The summed E-state index contributed by atoms with van der Waals surface area (Å²) in [6.45, 7) is 2.18. The Morgan fingerprint density at radius 1 is 1.13 bits per heavy atom. The number of benzene rings is 2. The molecule has 6 nitrogen and oxygen atoms in total. The Morgan fingerprint density at radius 3 is 2.37 bits per heavy atom. The molecule has 0 unspecified atom stereocenters. The molecule has 1 aliphatic heterocycles. The van der Waals surface area contributed by atoms with Gasteiger partial charge in [0.05, 0.1) is 37.8 Å². The van der Waals surface area contributed by atoms with Crippen LogP contribution in [0.4, 0.5) is 0 Å². The van der Waals surface area contributed by atoms with Gasteiger partial charge >= 0.3 is 0 Å². The van der Waals surface area contributed by atoms with Gasteiger partial charge in [-0.2, -0.15) is 5.26 Å². The summed E-state index contributed by atoms with van der Waals surface area (Å²) >= 11 is 0. The average Bonchev–Trinajstić information content (AvgIpc) is 3.56. The highest BCUT2D eigenvalue weighted by atomic mass is 16.5. The van der Waals surface area contributed by atoms with Gasteiger partial charge in [0.2, 0.25) is 5.91 Å². The maximum atomic E-state index is 13.3. The summed E-state index contributed by atoms with van der Waals surface area (Å²) in [6.07, 6.45) is 0. The maximum absolute atomic E-state index is 13.3. The molecule has 2 N–H and O–H groups in total. The number of hydrogen-bond acceptors (Lipinski definition) is 5. The minimum absolute atomic E-state index is 0.00573. The summed E-state index contributed by atoms with van der Waals surface area (Å²) < 4.78 is 5.39. The second-order valence-corrected chi connectivity index (χ2v) is 7.90. The van der Waals surface area contributed by atoms with Crippen molar-refractivity contribution in [3.63, 3.8) is 0 Å². The van der Waals surface area contributed by atoms with Crippen LogP contribution in [-0.4, -0.2) is 54.9 Å². The number of amides is 1. The number of nitrogens with one attached hydrogen (secondary N) is 1. The lowest BCUT2D eigenvalue weighted by Gasteiger charge is -2.27. The molecule has 0 spiro atoms. The summed E-state index contributed by atoms with van der Waals surface area (Å²) in [5.41, 5.74) is 2.00. The maximum Gasteiger partial charge on any atom is 0.226 e. The number of morpholine rings is 1. The van der Waals surface area contributed by atoms with E-state index in [0.29, 0.717) is 26.3 Å². The molecular weight excluding hydrogens is 378 g/mol. The van der Waals surface area contributed by atoms with E-state index >= 15 is 0 Å². The summed E-state index contributed by atoms with van der Waals surface area (Å²) in [4.78, 5) is 15.1. The van der Waals surface area contributed by atoms with Crippen LogP contribution in [0, 0.1) is 23.2 Å². The molecule has 1 saturated heterocycles. The van der Waals surface area contributed by atoms with Gasteiger partial charge in [0, 0.05) is 24.9 Å². The number of ether oxygens (including phenoxy) is 1. The Bertz CT molecular complexity index is 878. The molecule has 0 radical (unpaired) electrons. The average molecular weight is 405 g/mol. The predicted octanol–water partition coefficient (Wildman–Crippen LogP) is 2.09. The van der Waals surface area contributed by atoms with E-state index in [-0.39, 0.29) is 36.3 Å². The molecule has 0 aromatic heterocycles. The normalized spacial score (nSPS) is 25.2. The molecule has 1 heterocycles. The Morgan fingerprint density at radius 2 is 1.77 bits per heavy atom. The lowest BCUT2D eigenvalue weighted by Crippen LogP contribution is -2.43. The topological polar surface area (TPSA) is 85.6 Å². The van der Waals surface area contributed by atoms with Gasteiger partial charge in [0.1, 0.15) is 6.04 Å². The van der Waals surface area contributed by atoms with Crippen LogP contribution in [0.25, 0.3) is 0 Å². The molecule has 6 heteroatoms. The molecule has 1 amide bonds. The summed E-state index contributed by atoms with van der Waals surface area (Å²) in [5, 5.41) is 23.2. The zero-order valence-corrected chi connectivity index (χ0v) is 16.9. The number of nitrogens with zero attached hydrogens (tertiary/aromatic N) is 2. The second kappa shape index (κ2) is 9.40. The number of carbonyl (C=O) groups excluding carboxylic acids is 1. The van der Waals surface area contributed by atoms with Gasteiger partial charge in [0.25, 0.3) is 0 Å². The summed E-state index contributed by atoms with van der Waals surface area (Å²) in [7, 11) is 0. The third-order valence-corrected chi connectivity index (χ3v) is 6.16. The monoisotopic (exact) mass is 405 g/mol. The number of aliphatic hydroxyl groups is 1. The molecule has 0 bridgehead atoms. The van der Waals surface area contributed by atoms with Crippen molar-refractivity contribution in [2.24, 2.45) is 11.8 Å². The van der Waals surface area contributed by atoms with Gasteiger partial charge < -0.3 is 14.7 Å². The van der Waals surface area contributed by atoms with E-state index in [2.05, 4.69) is 11.4 Å². The van der Waals surface area contributed by atoms with Crippen LogP contribution in [-0.2, 0) is 9.53 Å². The largest absolute Gasteiger partial charge is 0.394 e. The third kappa shape index (κ3) is 4.24. The van der Waals surface area contributed by atoms with E-state index in [1.54, 1.807) is 0 Å². The van der Waals surface area contributed by atoms with E-state index in [4.69, 9.17) is 4.74 Å². The van der Waals surface area contributed by atoms with Gasteiger partial charge in [-0.25, -0.2) is 0 Å². The van der Waals surface area contributed by atoms with E-state index in [9.17, 15) is 15.2 Å². The number of rotatable bonds is 7. The second-order valence-electron chi connectivity index (χ2n) is 7.90. The van der Waals surface area contributed by atoms with E-state index in [1.165, 1.54) is 0 Å². The van der Waals surface area contributed by atoms with E-state index in [0.717, 1.165) is 11.1 Å². The molecule has 2 aromatic carbocycles. The van der Waals surface area contributed by atoms with Gasteiger partial charge in [-0.05, 0) is 11.1 Å². The van der Waals surface area contributed by atoms with Crippen LogP contribution in [0.1, 0.15) is 23.1 Å². The lowest BCUT2D eigenvalue weighted by molar-refractivity contribution is -0.137. The standard InChI is InChI=1S/C24H27N3O3/c25-15-19(26-20(16-28)17-7-3-1-4-8-17)22-21(18-9-5-2-6-10-18)23(22)24(29)27-11-13-30-14-12-27/h1-10,19-23,26,28H,11-14,16H2/t19-,20+,21-,22-,23+/m0/s1. The zero-order chi connectivity index (χ0) is 20.9. The number of carbonyl (C=O) groups is 1. The smallest absolute Gasteiger partial charge is 0.226 e. The van der Waals surface area contributed by atoms with Crippen LogP contribution < -0.4 is 5.32 Å². The van der Waals surface area contributed by atoms with Crippen molar-refractivity contribution in [2.75, 3.05) is 32.9 Å². The van der Waals surface area contributed by atoms with E-state index in [1.807, 2.05) is 65.6 Å². The van der Waals surface area contributed by atoms with Crippen LogP contribution >= 0.6 is 0 Å². The molecule has 2 aromatic rings. The quantitative estimate of drug-likeness (QED) is 0.737. The molecular formula is C24H27N3O3. The van der Waals surface area contributed by atoms with Gasteiger partial charge in [-0.1, -0.05) is 60.7 Å². The van der Waals surface area contributed by atoms with Crippen molar-refractivity contribution in [1.29, 1.82) is 5.26 Å². The molecule has 1 saturated carbocycles. The Hall–Kier alpha value is -2.72. The molecule has 4 rings (SSSR count). The van der Waals surface area contributed by atoms with Crippen molar-refractivity contribution in [2.45, 2.75) is 18.0 Å². The molecule has 2 aliphatic rings. The number of nitriles is 1. The highest BCUT2D eigenvalue weighted by molar-refractivity contribution is 5.84. The zero-order valence-electron chi connectivity index (χ0n) is 16.9. The number of aliphatic hydroxyl groups excluding tert-OH is 1. The van der Waals surface area contributed by atoms with Crippen molar-refractivity contribution < 1.29 is 14.6 Å². The van der Waals surface area contributed by atoms with Gasteiger partial charge in [0.15, 0.2) is 0 Å². The molecule has 156 valence electrons. The van der Waals surface area contributed by atoms with Crippen LogP contribution in [0.3, 0.4) is 0 Å². The van der Waals surface area contributed by atoms with Crippen LogP contribution in [0.15, 0.2) is 60.7 Å². The Kier molecular flexibility index (Phi) is 6.44. The predicted molar refractivity (Wildman–Crippen MR) is 112 cm³/mol. The van der Waals surface area contributed by atoms with Gasteiger partial charge in [-0.15, -0.1) is 0 Å². The molecule has 2 fully saturated rings. The van der Waals surface area contributed by atoms with Crippen molar-refractivity contribution in [3.8, 4) is 6.07 Å². The first-order valence-electron chi connectivity index (χ1n) is 10.5. The minimum Gasteiger partial charge on any atom is -0.394 e. The summed E-state index contributed by atoms with van der Waals surface area (Å²) in [5.74, 6) is -0.281. The highest BCUT2D eigenvalue weighted by Crippen LogP contribution is 2.56. The first-order valence-corrected chi connectivity index (χ1v) is 10.5. The van der Waals surface area contributed by atoms with Crippen LogP contribution in [0.2, 0.25) is 0 Å². The Balaban J connectivity index is 1.56. The van der Waals surface area contributed by atoms with Crippen molar-refractivity contribution in [1.82, 2.24) is 10.2 Å². The van der Waals surface area contributed by atoms with Crippen LogP contribution in [0.5, 0.6) is 0 Å². The van der Waals surface area contributed by atoms with Crippen molar-refractivity contribution >= 4 is 5.91 Å². The Labute approximate surface area is 177 Å². The lowest BCUT2D eigenvalue weighted by atomic mass is 10.0.